The van der Waals surface area contributed by atoms with Crippen LogP contribution in [0.25, 0.3) is 0 Å². The lowest BCUT2D eigenvalue weighted by atomic mass is 10.2. The number of carbonyl (C=O) groups is 1. The average molecular weight is 256 g/mol. The van der Waals surface area contributed by atoms with Crippen LogP contribution in [0.5, 0.6) is 0 Å². The van der Waals surface area contributed by atoms with E-state index in [0.717, 1.165) is 5.56 Å². The lowest BCUT2D eigenvalue weighted by Gasteiger charge is -2.01. The highest BCUT2D eigenvalue weighted by Gasteiger charge is 1.95. The van der Waals surface area contributed by atoms with Crippen LogP contribution < -0.4 is 0 Å². The van der Waals surface area contributed by atoms with E-state index in [1.165, 1.54) is 0 Å². The maximum Gasteiger partial charge on any atom is 0.384 e. The topological polar surface area (TPSA) is 35.5 Å². The van der Waals surface area contributed by atoms with E-state index >= 15 is 0 Å². The molecule has 0 saturated carbocycles. The molecule has 0 aromatic heterocycles. The van der Waals surface area contributed by atoms with E-state index in [-0.39, 0.29) is 12.7 Å². The second-order valence-corrected chi connectivity index (χ2v) is 3.61. The Hall–Kier alpha value is -2.23. The van der Waals surface area contributed by atoms with E-state index in [4.69, 9.17) is 4.74 Å². The Labute approximate surface area is 113 Å². The van der Waals surface area contributed by atoms with Gasteiger partial charge in [0.1, 0.15) is 12.7 Å². The summed E-state index contributed by atoms with van der Waals surface area (Å²) in [4.78, 5) is 10.9. The number of esters is 1. The van der Waals surface area contributed by atoms with Crippen LogP contribution in [0.2, 0.25) is 0 Å². The maximum atomic E-state index is 10.9. The Bertz CT molecular complexity index is 512. The average Bonchev–Trinajstić information content (AvgIpc) is 2.43. The molecule has 0 aliphatic rings. The van der Waals surface area contributed by atoms with Gasteiger partial charge in [-0.05, 0) is 26.0 Å². The summed E-state index contributed by atoms with van der Waals surface area (Å²) >= 11 is 0. The Morgan fingerprint density at radius 3 is 2.74 bits per heavy atom. The van der Waals surface area contributed by atoms with Gasteiger partial charge in [0.25, 0.3) is 0 Å². The molecule has 0 saturated heterocycles. The van der Waals surface area contributed by atoms with Crippen LogP contribution >= 0.6 is 0 Å². The molecule has 0 N–H and O–H groups in total. The van der Waals surface area contributed by atoms with Crippen molar-refractivity contribution in [1.29, 1.82) is 0 Å². The van der Waals surface area contributed by atoms with Gasteiger partial charge in [0.15, 0.2) is 0 Å². The molecule has 1 unspecified atom stereocenters. The van der Waals surface area contributed by atoms with Crippen molar-refractivity contribution in [2.24, 2.45) is 0 Å². The number of rotatable bonds is 3. The molecule has 0 heterocycles. The summed E-state index contributed by atoms with van der Waals surface area (Å²) in [5.74, 6) is 10.3. The summed E-state index contributed by atoms with van der Waals surface area (Å²) in [5.41, 5.74) is 0.940. The maximum absolute atomic E-state index is 10.9. The normalized spacial score (nSPS) is 10.4. The molecule has 1 rings (SSSR count). The minimum atomic E-state index is -0.533. The van der Waals surface area contributed by atoms with Crippen LogP contribution in [-0.2, 0) is 14.3 Å². The van der Waals surface area contributed by atoms with Crippen LogP contribution in [0, 0.1) is 23.7 Å². The molecule has 0 aliphatic heterocycles. The van der Waals surface area contributed by atoms with Crippen molar-refractivity contribution in [1.82, 2.24) is 0 Å². The zero-order chi connectivity index (χ0) is 13.9. The summed E-state index contributed by atoms with van der Waals surface area (Å²) in [7, 11) is 0. The van der Waals surface area contributed by atoms with E-state index < -0.39 is 5.97 Å². The molecule has 1 aromatic rings. The third-order valence-corrected chi connectivity index (χ3v) is 2.06. The molecule has 3 nitrogen and oxygen atoms in total. The van der Waals surface area contributed by atoms with E-state index in [2.05, 4.69) is 28.4 Å². The van der Waals surface area contributed by atoms with Crippen molar-refractivity contribution in [3.8, 4) is 23.7 Å². The number of ether oxygens (including phenoxy) is 2. The summed E-state index contributed by atoms with van der Waals surface area (Å²) in [5, 5.41) is 0. The number of hydrogen-bond acceptors (Lipinski definition) is 3. The van der Waals surface area contributed by atoms with Gasteiger partial charge >= 0.3 is 5.97 Å². The van der Waals surface area contributed by atoms with Crippen molar-refractivity contribution in [3.05, 3.63) is 35.9 Å². The predicted molar refractivity (Wildman–Crippen MR) is 73.1 cm³/mol. The monoisotopic (exact) mass is 256 g/mol. The van der Waals surface area contributed by atoms with Gasteiger partial charge in [-0.2, -0.15) is 0 Å². The molecule has 3 heteroatoms. The minimum Gasteiger partial charge on any atom is -0.456 e. The van der Waals surface area contributed by atoms with Gasteiger partial charge < -0.3 is 9.47 Å². The number of benzene rings is 1. The highest BCUT2D eigenvalue weighted by Crippen LogP contribution is 1.96. The van der Waals surface area contributed by atoms with Gasteiger partial charge in [-0.1, -0.05) is 36.0 Å². The summed E-state index contributed by atoms with van der Waals surface area (Å²) in [6, 6.07) is 9.66. The molecule has 1 atom stereocenters. The van der Waals surface area contributed by atoms with E-state index in [1.807, 2.05) is 37.3 Å². The molecule has 0 amide bonds. The zero-order valence-electron chi connectivity index (χ0n) is 11.1. The van der Waals surface area contributed by atoms with Gasteiger partial charge in [-0.15, -0.1) is 0 Å². The summed E-state index contributed by atoms with van der Waals surface area (Å²) in [6.07, 6.45) is -0.239. The van der Waals surface area contributed by atoms with Crippen molar-refractivity contribution >= 4 is 5.97 Å². The van der Waals surface area contributed by atoms with Crippen LogP contribution in [0.15, 0.2) is 30.3 Å². The van der Waals surface area contributed by atoms with Gasteiger partial charge in [-0.25, -0.2) is 4.79 Å². The molecule has 1 aromatic carbocycles. The molecule has 0 fully saturated rings. The lowest BCUT2D eigenvalue weighted by Crippen LogP contribution is -2.06. The van der Waals surface area contributed by atoms with Crippen LogP contribution in [-0.4, -0.2) is 25.3 Å². The van der Waals surface area contributed by atoms with Gasteiger partial charge in [0.05, 0.1) is 6.61 Å². The first-order valence-electron chi connectivity index (χ1n) is 6.06. The second kappa shape index (κ2) is 8.80. The zero-order valence-corrected chi connectivity index (χ0v) is 11.1. The first-order valence-corrected chi connectivity index (χ1v) is 6.06. The van der Waals surface area contributed by atoms with Crippen molar-refractivity contribution in [2.45, 2.75) is 20.0 Å². The smallest absolute Gasteiger partial charge is 0.384 e. The van der Waals surface area contributed by atoms with Gasteiger partial charge in [0.2, 0.25) is 0 Å². The van der Waals surface area contributed by atoms with E-state index in [9.17, 15) is 4.79 Å². The van der Waals surface area contributed by atoms with Crippen molar-refractivity contribution < 1.29 is 14.3 Å². The fraction of sp³-hybridized carbons (Fsp3) is 0.312. The predicted octanol–water partition coefficient (Wildman–Crippen LogP) is 2.01. The third-order valence-electron chi connectivity index (χ3n) is 2.06. The van der Waals surface area contributed by atoms with Gasteiger partial charge in [-0.3, -0.25) is 0 Å². The molecule has 0 spiro atoms. The largest absolute Gasteiger partial charge is 0.456 e. The lowest BCUT2D eigenvalue weighted by molar-refractivity contribution is -0.136. The summed E-state index contributed by atoms with van der Waals surface area (Å²) in [6.45, 7) is 4.05. The molecular weight excluding hydrogens is 240 g/mol. The van der Waals surface area contributed by atoms with Crippen LogP contribution in [0.1, 0.15) is 19.4 Å². The molecule has 98 valence electrons. The fourth-order valence-electron chi connectivity index (χ4n) is 1.19. The third kappa shape index (κ3) is 6.93. The van der Waals surface area contributed by atoms with E-state index in [1.54, 1.807) is 6.92 Å². The minimum absolute atomic E-state index is 0.156. The van der Waals surface area contributed by atoms with Gasteiger partial charge in [0, 0.05) is 11.5 Å². The highest BCUT2D eigenvalue weighted by atomic mass is 16.5. The van der Waals surface area contributed by atoms with Crippen molar-refractivity contribution in [3.63, 3.8) is 0 Å². The summed E-state index contributed by atoms with van der Waals surface area (Å²) < 4.78 is 10.00. The van der Waals surface area contributed by atoms with E-state index in [0.29, 0.717) is 6.61 Å². The Morgan fingerprint density at radius 2 is 2.05 bits per heavy atom. The Kier molecular flexibility index (Phi) is 6.87. The quantitative estimate of drug-likeness (QED) is 0.471. The molecular formula is C16H16O3. The van der Waals surface area contributed by atoms with Crippen molar-refractivity contribution in [2.75, 3.05) is 13.2 Å². The Balaban J connectivity index is 2.35. The number of hydrogen-bond donors (Lipinski definition) is 0. The first kappa shape index (κ1) is 14.8. The molecule has 0 aliphatic carbocycles. The highest BCUT2D eigenvalue weighted by molar-refractivity contribution is 5.88. The molecule has 0 radical (unpaired) electrons. The standard InChI is InChI=1S/C16H16O3/c1-3-18-16(17)10-7-13-19-14(2)11-12-15-8-5-4-6-9-15/h4-6,8-9,14H,3,13H2,1-2H3. The molecule has 19 heavy (non-hydrogen) atoms. The van der Waals surface area contributed by atoms with Crippen LogP contribution in [0.4, 0.5) is 0 Å². The number of carbonyl (C=O) groups excluding carboxylic acids is 1. The first-order chi connectivity index (χ1) is 9.22. The fourth-order valence-corrected chi connectivity index (χ4v) is 1.19. The molecule has 0 bridgehead atoms. The second-order valence-electron chi connectivity index (χ2n) is 3.61. The Morgan fingerprint density at radius 1 is 1.32 bits per heavy atom. The SMILES string of the molecule is CCOC(=O)C#CCOC(C)C#Cc1ccccc1. The van der Waals surface area contributed by atoms with Crippen LogP contribution in [0.3, 0.4) is 0 Å².